The van der Waals surface area contributed by atoms with Crippen molar-refractivity contribution < 1.29 is 4.92 Å². The van der Waals surface area contributed by atoms with Gasteiger partial charge in [-0.05, 0) is 37.1 Å². The second kappa shape index (κ2) is 4.25. The number of benzene rings is 1. The summed E-state index contributed by atoms with van der Waals surface area (Å²) in [6, 6.07) is 4.92. The Hall–Kier alpha value is -0.0700. The molecule has 0 fully saturated rings. The molecular weight excluding hydrogens is 310 g/mol. The Kier molecular flexibility index (Phi) is 3.54. The average molecular weight is 313 g/mol. The summed E-state index contributed by atoms with van der Waals surface area (Å²) in [6.07, 6.45) is 0. The van der Waals surface area contributed by atoms with E-state index >= 15 is 0 Å². The maximum absolute atomic E-state index is 10.5. The third kappa shape index (κ3) is 2.21. The Bertz CT molecular complexity index is 318. The first-order valence-electron chi connectivity index (χ1n) is 2.87. The van der Waals surface area contributed by atoms with E-state index in [0.717, 1.165) is 0 Å². The molecule has 1 rings (SSSR count). The van der Waals surface area contributed by atoms with Gasteiger partial charge in [0.15, 0.2) is 0 Å². The number of rotatable bonds is 2. The van der Waals surface area contributed by atoms with Gasteiger partial charge in [0.25, 0.3) is 5.69 Å². The molecule has 0 aromatic heterocycles. The van der Waals surface area contributed by atoms with Gasteiger partial charge in [0, 0.05) is 10.5 Å². The minimum atomic E-state index is -0.408. The van der Waals surface area contributed by atoms with Crippen molar-refractivity contribution in [3.05, 3.63) is 32.8 Å². The minimum absolute atomic E-state index is 0.103. The van der Waals surface area contributed by atoms with Crippen molar-refractivity contribution in [2.75, 3.05) is 0 Å². The Morgan fingerprint density at radius 1 is 1.50 bits per heavy atom. The number of nitrogens with zero attached hydrogens (tertiary/aromatic N) is 1. The highest BCUT2D eigenvalue weighted by Crippen LogP contribution is 2.34. The molecule has 0 radical (unpaired) electrons. The van der Waals surface area contributed by atoms with E-state index in [1.54, 1.807) is 12.1 Å². The fraction of sp³-hybridized carbons (Fsp3) is 0. The van der Waals surface area contributed by atoms with Crippen LogP contribution in [0.4, 0.5) is 5.69 Å². The fourth-order valence-electron chi connectivity index (χ4n) is 0.698. The van der Waals surface area contributed by atoms with E-state index in [1.165, 1.54) is 16.3 Å². The highest BCUT2D eigenvalue weighted by Gasteiger charge is 2.13. The predicted octanol–water partition coefficient (Wildman–Crippen LogP) is 3.76. The van der Waals surface area contributed by atoms with Crippen molar-refractivity contribution in [1.82, 2.24) is 0 Å². The van der Waals surface area contributed by atoms with E-state index < -0.39 is 4.92 Å². The zero-order chi connectivity index (χ0) is 9.14. The van der Waals surface area contributed by atoms with E-state index in [-0.39, 0.29) is 5.69 Å². The lowest BCUT2D eigenvalue weighted by Crippen LogP contribution is -1.89. The topological polar surface area (TPSA) is 43.1 Å². The summed E-state index contributed by atoms with van der Waals surface area (Å²) in [6.45, 7) is 0. The van der Waals surface area contributed by atoms with Gasteiger partial charge in [-0.2, -0.15) is 0 Å². The Morgan fingerprint density at radius 2 is 2.17 bits per heavy atom. The van der Waals surface area contributed by atoms with Crippen LogP contribution in [0.2, 0.25) is 0 Å². The lowest BCUT2D eigenvalue weighted by atomic mass is 10.3. The first-order valence-corrected chi connectivity index (χ1v) is 6.33. The van der Waals surface area contributed by atoms with E-state index in [1.807, 2.05) is 0 Å². The van der Waals surface area contributed by atoms with E-state index in [2.05, 4.69) is 30.7 Å². The van der Waals surface area contributed by atoms with Crippen molar-refractivity contribution >= 4 is 46.6 Å². The molecule has 0 saturated heterocycles. The second-order valence-electron chi connectivity index (χ2n) is 1.95. The van der Waals surface area contributed by atoms with Gasteiger partial charge in [-0.15, -0.1) is 0 Å². The van der Waals surface area contributed by atoms with Crippen LogP contribution in [0.25, 0.3) is 0 Å². The van der Waals surface area contributed by atoms with E-state index in [4.69, 9.17) is 0 Å². The quantitative estimate of drug-likeness (QED) is 0.617. The number of nitro groups is 1. The third-order valence-electron chi connectivity index (χ3n) is 1.20. The highest BCUT2D eigenvalue weighted by molar-refractivity contribution is 9.50. The van der Waals surface area contributed by atoms with Crippen LogP contribution in [0.5, 0.6) is 0 Å². The number of nitro benzene ring substituents is 1. The Labute approximate surface area is 89.0 Å². The lowest BCUT2D eigenvalue weighted by molar-refractivity contribution is -0.387. The number of hydrogen-bond acceptors (Lipinski definition) is 3. The molecule has 0 heterocycles. The van der Waals surface area contributed by atoms with Gasteiger partial charge in [0.2, 0.25) is 0 Å². The molecule has 1 aromatic carbocycles. The third-order valence-corrected chi connectivity index (χ3v) is 3.25. The first-order chi connectivity index (χ1) is 5.65. The normalized spacial score (nSPS) is 9.83. The van der Waals surface area contributed by atoms with Crippen LogP contribution in [-0.2, 0) is 0 Å². The lowest BCUT2D eigenvalue weighted by Gasteiger charge is -1.97. The second-order valence-corrected chi connectivity index (χ2v) is 4.43. The molecule has 1 aromatic rings. The van der Waals surface area contributed by atoms with Gasteiger partial charge >= 0.3 is 0 Å². The zero-order valence-electron chi connectivity index (χ0n) is 5.66. The van der Waals surface area contributed by atoms with Crippen LogP contribution < -0.4 is 0 Å². The molecule has 0 bridgehead atoms. The largest absolute Gasteiger partial charge is 0.284 e. The molecule has 6 heteroatoms. The van der Waals surface area contributed by atoms with E-state index in [0.29, 0.717) is 9.37 Å². The fourth-order valence-corrected chi connectivity index (χ4v) is 2.20. The van der Waals surface area contributed by atoms with Gasteiger partial charge in [-0.25, -0.2) is 0 Å². The van der Waals surface area contributed by atoms with Crippen LogP contribution >= 0.6 is 40.9 Å². The molecule has 0 spiro atoms. The van der Waals surface area contributed by atoms with Gasteiger partial charge in [-0.1, -0.05) is 15.9 Å². The summed E-state index contributed by atoms with van der Waals surface area (Å²) in [5.74, 6) is 0. The van der Waals surface area contributed by atoms with Gasteiger partial charge < -0.3 is 0 Å². The van der Waals surface area contributed by atoms with Crippen molar-refractivity contribution in [2.24, 2.45) is 0 Å². The molecule has 0 saturated carbocycles. The van der Waals surface area contributed by atoms with Crippen molar-refractivity contribution in [3.63, 3.8) is 0 Å². The molecule has 0 unspecified atom stereocenters. The average Bonchev–Trinajstić information content (AvgIpc) is 2.04. The smallest absolute Gasteiger partial charge is 0.258 e. The summed E-state index contributed by atoms with van der Waals surface area (Å²) in [7, 11) is 1.18. The zero-order valence-corrected chi connectivity index (χ0v) is 9.65. The maximum Gasteiger partial charge on any atom is 0.284 e. The van der Waals surface area contributed by atoms with Crippen LogP contribution in [0.15, 0.2) is 27.6 Å². The molecule has 0 aliphatic rings. The summed E-state index contributed by atoms with van der Waals surface area (Å²) < 4.78 is 0.708. The monoisotopic (exact) mass is 311 g/mol. The minimum Gasteiger partial charge on any atom is -0.258 e. The Morgan fingerprint density at radius 3 is 2.67 bits per heavy atom. The standard InChI is InChI=1S/C6H3Br2NO2S/c7-4-1-2-6(12-8)5(3-4)9(10)11/h1-3H. The number of hydrogen-bond donors (Lipinski definition) is 0. The molecule has 3 nitrogen and oxygen atoms in total. The molecule has 0 N–H and O–H groups in total. The molecule has 0 atom stereocenters. The van der Waals surface area contributed by atoms with Crippen molar-refractivity contribution in [1.29, 1.82) is 0 Å². The van der Waals surface area contributed by atoms with E-state index in [9.17, 15) is 10.1 Å². The first kappa shape index (κ1) is 10.0. The summed E-state index contributed by atoms with van der Waals surface area (Å²) in [4.78, 5) is 10.7. The Balaban J connectivity index is 3.21. The summed E-state index contributed by atoms with van der Waals surface area (Å²) in [5, 5.41) is 10.5. The van der Waals surface area contributed by atoms with Crippen LogP contribution in [-0.4, -0.2) is 4.92 Å². The van der Waals surface area contributed by atoms with Crippen LogP contribution in [0.1, 0.15) is 0 Å². The van der Waals surface area contributed by atoms with Gasteiger partial charge in [0.1, 0.15) is 0 Å². The summed E-state index contributed by atoms with van der Waals surface area (Å²) >= 11 is 6.26. The molecule has 64 valence electrons. The number of halogens is 2. The molecular formula is C6H3Br2NO2S. The van der Waals surface area contributed by atoms with Crippen molar-refractivity contribution in [2.45, 2.75) is 4.90 Å². The highest BCUT2D eigenvalue weighted by atomic mass is 79.9. The SMILES string of the molecule is O=[N+]([O-])c1cc(Br)ccc1SBr. The van der Waals surface area contributed by atoms with Crippen LogP contribution in [0.3, 0.4) is 0 Å². The maximum atomic E-state index is 10.5. The molecule has 0 aliphatic carbocycles. The van der Waals surface area contributed by atoms with Crippen molar-refractivity contribution in [3.8, 4) is 0 Å². The van der Waals surface area contributed by atoms with Gasteiger partial charge in [0.05, 0.1) is 9.82 Å². The van der Waals surface area contributed by atoms with Crippen LogP contribution in [0, 0.1) is 10.1 Å². The van der Waals surface area contributed by atoms with Gasteiger partial charge in [-0.3, -0.25) is 10.1 Å². The molecule has 0 aliphatic heterocycles. The molecule has 0 amide bonds. The summed E-state index contributed by atoms with van der Waals surface area (Å²) in [5.41, 5.74) is 0.103. The molecule has 12 heavy (non-hydrogen) atoms. The predicted molar refractivity (Wildman–Crippen MR) is 55.6 cm³/mol.